The van der Waals surface area contributed by atoms with Crippen molar-refractivity contribution in [1.29, 1.82) is 0 Å². The molecule has 1 aromatic heterocycles. The minimum atomic E-state index is -0.318. The lowest BCUT2D eigenvalue weighted by Gasteiger charge is -2.11. The van der Waals surface area contributed by atoms with Crippen molar-refractivity contribution in [2.75, 3.05) is 5.75 Å². The second-order valence-electron chi connectivity index (χ2n) is 5.71. The summed E-state index contributed by atoms with van der Waals surface area (Å²) in [5.74, 6) is 1.06. The molecule has 0 fully saturated rings. The largest absolute Gasteiger partial charge is 0.486 e. The van der Waals surface area contributed by atoms with E-state index in [9.17, 15) is 9.18 Å². The Morgan fingerprint density at radius 2 is 2.15 bits per heavy atom. The summed E-state index contributed by atoms with van der Waals surface area (Å²) < 4.78 is 20.4. The van der Waals surface area contributed by atoms with E-state index in [-0.39, 0.29) is 30.1 Å². The summed E-state index contributed by atoms with van der Waals surface area (Å²) in [7, 11) is 0. The molecular weight excluding hydrogens is 355 g/mol. The third kappa shape index (κ3) is 5.87. The Morgan fingerprint density at radius 1 is 1.42 bits per heavy atom. The van der Waals surface area contributed by atoms with Crippen molar-refractivity contribution in [3.63, 3.8) is 0 Å². The van der Waals surface area contributed by atoms with Crippen molar-refractivity contribution in [3.05, 3.63) is 48.6 Å². The van der Waals surface area contributed by atoms with Crippen LogP contribution in [-0.4, -0.2) is 32.5 Å². The SMILES string of the molecule is C=CCn1c(COc2ccc(F)cc2)nnc1SCC(=O)N[C@H](C)CC. The molecule has 0 saturated heterocycles. The van der Waals surface area contributed by atoms with Crippen LogP contribution < -0.4 is 10.1 Å². The number of hydrogen-bond acceptors (Lipinski definition) is 5. The predicted octanol–water partition coefficient (Wildman–Crippen LogP) is 3.19. The minimum Gasteiger partial charge on any atom is -0.486 e. The number of rotatable bonds is 10. The first kappa shape index (κ1) is 20.0. The topological polar surface area (TPSA) is 69.0 Å². The zero-order valence-corrected chi connectivity index (χ0v) is 15.8. The lowest BCUT2D eigenvalue weighted by molar-refractivity contribution is -0.119. The number of hydrogen-bond donors (Lipinski definition) is 1. The molecule has 1 atom stereocenters. The number of ether oxygens (including phenoxy) is 1. The third-order valence-corrected chi connectivity index (χ3v) is 4.61. The number of benzene rings is 1. The molecule has 1 N–H and O–H groups in total. The van der Waals surface area contributed by atoms with Gasteiger partial charge in [0.2, 0.25) is 5.91 Å². The Bertz CT molecular complexity index is 733. The Balaban J connectivity index is 1.98. The van der Waals surface area contributed by atoms with Crippen LogP contribution in [0.5, 0.6) is 5.75 Å². The van der Waals surface area contributed by atoms with Gasteiger partial charge in [-0.15, -0.1) is 16.8 Å². The van der Waals surface area contributed by atoms with Crippen LogP contribution in [0.15, 0.2) is 42.1 Å². The molecule has 2 rings (SSSR count). The molecule has 1 aromatic carbocycles. The van der Waals surface area contributed by atoms with E-state index in [0.29, 0.717) is 23.3 Å². The third-order valence-electron chi connectivity index (χ3n) is 3.64. The highest BCUT2D eigenvalue weighted by Crippen LogP contribution is 2.19. The van der Waals surface area contributed by atoms with Crippen LogP contribution in [0.25, 0.3) is 0 Å². The van der Waals surface area contributed by atoms with E-state index in [2.05, 4.69) is 22.1 Å². The minimum absolute atomic E-state index is 0.0402. The number of nitrogens with one attached hydrogen (secondary N) is 1. The first-order valence-corrected chi connectivity index (χ1v) is 9.35. The van der Waals surface area contributed by atoms with E-state index in [1.165, 1.54) is 23.9 Å². The van der Waals surface area contributed by atoms with Gasteiger partial charge in [-0.05, 0) is 37.6 Å². The van der Waals surface area contributed by atoms with Gasteiger partial charge in [0.1, 0.15) is 18.2 Å². The maximum Gasteiger partial charge on any atom is 0.230 e. The molecule has 2 aromatic rings. The first-order valence-electron chi connectivity index (χ1n) is 8.37. The summed E-state index contributed by atoms with van der Waals surface area (Å²) in [6.45, 7) is 8.42. The lowest BCUT2D eigenvalue weighted by atomic mass is 10.3. The predicted molar refractivity (Wildman–Crippen MR) is 99.6 cm³/mol. The fraction of sp³-hybridized carbons (Fsp3) is 0.389. The van der Waals surface area contributed by atoms with Crippen LogP contribution in [0.1, 0.15) is 26.1 Å². The molecule has 26 heavy (non-hydrogen) atoms. The molecule has 8 heteroatoms. The highest BCUT2D eigenvalue weighted by Gasteiger charge is 2.14. The van der Waals surface area contributed by atoms with Gasteiger partial charge in [0.15, 0.2) is 11.0 Å². The molecule has 0 spiro atoms. The van der Waals surface area contributed by atoms with E-state index in [4.69, 9.17) is 4.74 Å². The smallest absolute Gasteiger partial charge is 0.230 e. The zero-order chi connectivity index (χ0) is 18.9. The monoisotopic (exact) mass is 378 g/mol. The Labute approximate surface area is 156 Å². The summed E-state index contributed by atoms with van der Waals surface area (Å²) >= 11 is 1.32. The van der Waals surface area contributed by atoms with Crippen LogP contribution in [-0.2, 0) is 17.9 Å². The number of amides is 1. The molecule has 140 valence electrons. The van der Waals surface area contributed by atoms with Gasteiger partial charge in [0.25, 0.3) is 0 Å². The highest BCUT2D eigenvalue weighted by molar-refractivity contribution is 7.99. The van der Waals surface area contributed by atoms with Gasteiger partial charge in [0.05, 0.1) is 5.75 Å². The van der Waals surface area contributed by atoms with Crippen molar-refractivity contribution in [3.8, 4) is 5.75 Å². The quantitative estimate of drug-likeness (QED) is 0.508. The molecule has 0 unspecified atom stereocenters. The molecule has 0 saturated carbocycles. The maximum atomic E-state index is 12.9. The number of allylic oxidation sites excluding steroid dienone is 1. The second-order valence-corrected chi connectivity index (χ2v) is 6.65. The Morgan fingerprint density at radius 3 is 2.81 bits per heavy atom. The standard InChI is InChI=1S/C18H23FN4O2S/c1-4-10-23-16(11-25-15-8-6-14(19)7-9-15)21-22-18(23)26-12-17(24)20-13(3)5-2/h4,6-9,13H,1,5,10-12H2,2-3H3,(H,20,24)/t13-/m1/s1. The van der Waals surface area contributed by atoms with Crippen LogP contribution in [0.4, 0.5) is 4.39 Å². The number of carbonyl (C=O) groups is 1. The molecule has 0 aliphatic carbocycles. The number of carbonyl (C=O) groups excluding carboxylic acids is 1. The molecule has 0 aliphatic rings. The Hall–Kier alpha value is -2.35. The zero-order valence-electron chi connectivity index (χ0n) is 14.9. The fourth-order valence-electron chi connectivity index (χ4n) is 2.07. The number of halogens is 1. The first-order chi connectivity index (χ1) is 12.5. The molecule has 0 bridgehead atoms. The normalized spacial score (nSPS) is 11.8. The van der Waals surface area contributed by atoms with Gasteiger partial charge in [-0.1, -0.05) is 24.8 Å². The van der Waals surface area contributed by atoms with Crippen molar-refractivity contribution in [2.45, 2.75) is 44.6 Å². The number of nitrogens with zero attached hydrogens (tertiary/aromatic N) is 3. The average molecular weight is 378 g/mol. The van der Waals surface area contributed by atoms with Crippen molar-refractivity contribution >= 4 is 17.7 Å². The van der Waals surface area contributed by atoms with Crippen molar-refractivity contribution in [1.82, 2.24) is 20.1 Å². The molecular formula is C18H23FN4O2S. The van der Waals surface area contributed by atoms with Crippen molar-refractivity contribution < 1.29 is 13.9 Å². The second kappa shape index (κ2) is 9.96. The van der Waals surface area contributed by atoms with E-state index in [0.717, 1.165) is 6.42 Å². The molecule has 0 radical (unpaired) electrons. The van der Waals surface area contributed by atoms with E-state index < -0.39 is 0 Å². The van der Waals surface area contributed by atoms with E-state index in [1.807, 2.05) is 18.4 Å². The van der Waals surface area contributed by atoms with Crippen LogP contribution in [0, 0.1) is 5.82 Å². The molecule has 1 heterocycles. The summed E-state index contributed by atoms with van der Waals surface area (Å²) in [6.07, 6.45) is 2.61. The van der Waals surface area contributed by atoms with Gasteiger partial charge in [0, 0.05) is 12.6 Å². The number of aromatic nitrogens is 3. The van der Waals surface area contributed by atoms with E-state index >= 15 is 0 Å². The Kier molecular flexibility index (Phi) is 7.65. The summed E-state index contributed by atoms with van der Waals surface area (Å²) in [5.41, 5.74) is 0. The van der Waals surface area contributed by atoms with Gasteiger partial charge in [-0.2, -0.15) is 0 Å². The van der Waals surface area contributed by atoms with Crippen LogP contribution in [0.2, 0.25) is 0 Å². The van der Waals surface area contributed by atoms with Crippen LogP contribution in [0.3, 0.4) is 0 Å². The molecule has 1 amide bonds. The maximum absolute atomic E-state index is 12.9. The molecule has 0 aliphatic heterocycles. The summed E-state index contributed by atoms with van der Waals surface area (Å²) in [6, 6.07) is 5.92. The molecule has 6 nitrogen and oxygen atoms in total. The fourth-order valence-corrected chi connectivity index (χ4v) is 2.85. The average Bonchev–Trinajstić information content (AvgIpc) is 3.01. The number of thioether (sulfide) groups is 1. The lowest BCUT2D eigenvalue weighted by Crippen LogP contribution is -2.33. The van der Waals surface area contributed by atoms with Gasteiger partial charge in [-0.3, -0.25) is 9.36 Å². The summed E-state index contributed by atoms with van der Waals surface area (Å²) in [4.78, 5) is 11.9. The van der Waals surface area contributed by atoms with Crippen molar-refractivity contribution in [2.24, 2.45) is 0 Å². The highest BCUT2D eigenvalue weighted by atomic mass is 32.2. The van der Waals surface area contributed by atoms with Gasteiger partial charge >= 0.3 is 0 Å². The van der Waals surface area contributed by atoms with Crippen LogP contribution >= 0.6 is 11.8 Å². The summed E-state index contributed by atoms with van der Waals surface area (Å²) in [5, 5.41) is 11.8. The van der Waals surface area contributed by atoms with E-state index in [1.54, 1.807) is 18.2 Å². The van der Waals surface area contributed by atoms with Gasteiger partial charge < -0.3 is 10.1 Å². The van der Waals surface area contributed by atoms with Gasteiger partial charge in [-0.25, -0.2) is 4.39 Å².